The van der Waals surface area contributed by atoms with Gasteiger partial charge in [-0.1, -0.05) is 78.3 Å². The van der Waals surface area contributed by atoms with E-state index in [0.717, 1.165) is 28.8 Å². The number of rotatable bonds is 4. The quantitative estimate of drug-likeness (QED) is 0.704. The molecule has 0 amide bonds. The van der Waals surface area contributed by atoms with Crippen LogP contribution in [-0.4, -0.2) is 12.5 Å². The minimum atomic E-state index is 0.210. The highest BCUT2D eigenvalue weighted by Crippen LogP contribution is 2.26. The number of benzene rings is 3. The standard InChI is InChI=1S/C22H20ClN3/c23-20-14-8-7-11-18(20)15-24-22-25-21(17-9-3-1-4-10-17)16-26(22)19-12-5-2-6-13-19/h1-14,21H,15-16H2,(H,24,25)/t21-/m1/s1. The van der Waals surface area contributed by atoms with E-state index in [2.05, 4.69) is 58.7 Å². The molecule has 3 aromatic rings. The summed E-state index contributed by atoms with van der Waals surface area (Å²) in [6, 6.07) is 28.9. The van der Waals surface area contributed by atoms with Crippen molar-refractivity contribution >= 4 is 23.2 Å². The number of aliphatic imine (C=N–C) groups is 1. The topological polar surface area (TPSA) is 27.6 Å². The van der Waals surface area contributed by atoms with Crippen molar-refractivity contribution in [3.05, 3.63) is 101 Å². The fourth-order valence-corrected chi connectivity index (χ4v) is 3.37. The van der Waals surface area contributed by atoms with Crippen molar-refractivity contribution in [1.29, 1.82) is 0 Å². The molecule has 3 aromatic carbocycles. The molecule has 26 heavy (non-hydrogen) atoms. The number of guanidine groups is 1. The molecule has 1 aliphatic rings. The van der Waals surface area contributed by atoms with Crippen LogP contribution in [0.3, 0.4) is 0 Å². The van der Waals surface area contributed by atoms with Gasteiger partial charge in [0.2, 0.25) is 0 Å². The molecule has 1 heterocycles. The van der Waals surface area contributed by atoms with E-state index in [0.29, 0.717) is 6.54 Å². The first-order valence-electron chi connectivity index (χ1n) is 8.73. The van der Waals surface area contributed by atoms with Gasteiger partial charge in [-0.25, -0.2) is 4.99 Å². The van der Waals surface area contributed by atoms with Crippen molar-refractivity contribution in [2.75, 3.05) is 11.4 Å². The minimum absolute atomic E-state index is 0.210. The fourth-order valence-electron chi connectivity index (χ4n) is 3.18. The molecule has 130 valence electrons. The molecule has 0 saturated carbocycles. The molecule has 1 atom stereocenters. The number of nitrogens with one attached hydrogen (secondary N) is 1. The molecule has 0 aromatic heterocycles. The molecule has 1 N–H and O–H groups in total. The second kappa shape index (κ2) is 7.63. The third-order valence-electron chi connectivity index (χ3n) is 4.55. The molecule has 4 heteroatoms. The molecule has 4 rings (SSSR count). The minimum Gasteiger partial charge on any atom is -0.347 e. The average molecular weight is 362 g/mol. The van der Waals surface area contributed by atoms with E-state index in [1.165, 1.54) is 5.56 Å². The van der Waals surface area contributed by atoms with Gasteiger partial charge in [-0.3, -0.25) is 0 Å². The zero-order valence-electron chi connectivity index (χ0n) is 14.3. The highest BCUT2D eigenvalue weighted by molar-refractivity contribution is 6.31. The number of hydrogen-bond donors (Lipinski definition) is 1. The van der Waals surface area contributed by atoms with E-state index in [-0.39, 0.29) is 6.04 Å². The molecule has 0 radical (unpaired) electrons. The van der Waals surface area contributed by atoms with Gasteiger partial charge < -0.3 is 10.2 Å². The normalized spacial score (nSPS) is 18.1. The number of anilines is 1. The van der Waals surface area contributed by atoms with Crippen LogP contribution in [0.5, 0.6) is 0 Å². The predicted octanol–water partition coefficient (Wildman–Crippen LogP) is 5.05. The van der Waals surface area contributed by atoms with Crippen molar-refractivity contribution in [3.63, 3.8) is 0 Å². The summed E-state index contributed by atoms with van der Waals surface area (Å²) < 4.78 is 0. The van der Waals surface area contributed by atoms with Gasteiger partial charge in [0.25, 0.3) is 0 Å². The average Bonchev–Trinajstić information content (AvgIpc) is 3.13. The summed E-state index contributed by atoms with van der Waals surface area (Å²) >= 11 is 6.28. The van der Waals surface area contributed by atoms with Crippen LogP contribution in [0.2, 0.25) is 5.02 Å². The first-order valence-corrected chi connectivity index (χ1v) is 9.11. The first-order chi connectivity index (χ1) is 12.8. The van der Waals surface area contributed by atoms with Crippen LogP contribution < -0.4 is 10.2 Å². The molecule has 1 aliphatic heterocycles. The number of nitrogens with zero attached hydrogens (tertiary/aromatic N) is 2. The maximum Gasteiger partial charge on any atom is 0.199 e. The molecular formula is C22H20ClN3. The third kappa shape index (κ3) is 3.58. The summed E-state index contributed by atoms with van der Waals surface area (Å²) in [5, 5.41) is 4.33. The highest BCUT2D eigenvalue weighted by Gasteiger charge is 2.29. The van der Waals surface area contributed by atoms with Crippen molar-refractivity contribution in [1.82, 2.24) is 5.32 Å². The van der Waals surface area contributed by atoms with Crippen LogP contribution in [0.4, 0.5) is 5.69 Å². The van der Waals surface area contributed by atoms with Crippen molar-refractivity contribution in [2.45, 2.75) is 12.6 Å². The number of halogens is 1. The van der Waals surface area contributed by atoms with Gasteiger partial charge in [0.15, 0.2) is 5.96 Å². The fraction of sp³-hybridized carbons (Fsp3) is 0.136. The zero-order valence-corrected chi connectivity index (χ0v) is 15.1. The van der Waals surface area contributed by atoms with Crippen molar-refractivity contribution in [2.24, 2.45) is 4.99 Å². The van der Waals surface area contributed by atoms with Gasteiger partial charge >= 0.3 is 0 Å². The summed E-state index contributed by atoms with van der Waals surface area (Å²) in [5.41, 5.74) is 3.42. The van der Waals surface area contributed by atoms with E-state index in [1.54, 1.807) is 0 Å². The molecule has 0 aliphatic carbocycles. The van der Waals surface area contributed by atoms with Crippen molar-refractivity contribution in [3.8, 4) is 0 Å². The third-order valence-corrected chi connectivity index (χ3v) is 4.92. The Bertz CT molecular complexity index is 894. The molecular weight excluding hydrogens is 342 g/mol. The van der Waals surface area contributed by atoms with Gasteiger partial charge in [0.1, 0.15) is 0 Å². The monoisotopic (exact) mass is 361 g/mol. The van der Waals surface area contributed by atoms with Crippen LogP contribution in [-0.2, 0) is 6.54 Å². The molecule has 1 fully saturated rings. The van der Waals surface area contributed by atoms with Crippen LogP contribution in [0.1, 0.15) is 17.2 Å². The van der Waals surface area contributed by atoms with Gasteiger partial charge in [-0.15, -0.1) is 0 Å². The first kappa shape index (κ1) is 16.7. The molecule has 1 saturated heterocycles. The van der Waals surface area contributed by atoms with Gasteiger partial charge in [-0.2, -0.15) is 0 Å². The van der Waals surface area contributed by atoms with Gasteiger partial charge in [-0.05, 0) is 29.3 Å². The van der Waals surface area contributed by atoms with Crippen LogP contribution in [0.15, 0.2) is 89.9 Å². The summed E-state index contributed by atoms with van der Waals surface area (Å²) in [6.45, 7) is 1.39. The lowest BCUT2D eigenvalue weighted by Gasteiger charge is -2.17. The Morgan fingerprint density at radius 3 is 2.27 bits per heavy atom. The van der Waals surface area contributed by atoms with E-state index in [1.807, 2.05) is 36.4 Å². The van der Waals surface area contributed by atoms with Gasteiger partial charge in [0, 0.05) is 10.7 Å². The van der Waals surface area contributed by atoms with Crippen LogP contribution in [0, 0.1) is 0 Å². The Kier molecular flexibility index (Phi) is 4.89. The summed E-state index contributed by atoms with van der Waals surface area (Å²) in [6.07, 6.45) is 0. The van der Waals surface area contributed by atoms with Gasteiger partial charge in [0.05, 0.1) is 19.1 Å². The second-order valence-electron chi connectivity index (χ2n) is 6.29. The molecule has 3 nitrogen and oxygen atoms in total. The Balaban J connectivity index is 1.63. The van der Waals surface area contributed by atoms with Crippen LogP contribution >= 0.6 is 11.6 Å². The lowest BCUT2D eigenvalue weighted by molar-refractivity contribution is 0.720. The Morgan fingerprint density at radius 1 is 0.885 bits per heavy atom. The van der Waals surface area contributed by atoms with Crippen molar-refractivity contribution < 1.29 is 0 Å². The van der Waals surface area contributed by atoms with E-state index >= 15 is 0 Å². The lowest BCUT2D eigenvalue weighted by atomic mass is 10.1. The Hall–Kier alpha value is -2.78. The summed E-state index contributed by atoms with van der Waals surface area (Å²) in [7, 11) is 0. The maximum absolute atomic E-state index is 6.28. The SMILES string of the molecule is Clc1ccccc1CN=C1N[C@@H](c2ccccc2)CN1c1ccccc1. The largest absolute Gasteiger partial charge is 0.347 e. The van der Waals surface area contributed by atoms with E-state index < -0.39 is 0 Å². The zero-order chi connectivity index (χ0) is 17.8. The number of para-hydroxylation sites is 1. The lowest BCUT2D eigenvalue weighted by Crippen LogP contribution is -2.30. The van der Waals surface area contributed by atoms with E-state index in [4.69, 9.17) is 16.6 Å². The predicted molar refractivity (Wildman–Crippen MR) is 109 cm³/mol. The molecule has 0 bridgehead atoms. The Labute approximate surface area is 159 Å². The summed E-state index contributed by atoms with van der Waals surface area (Å²) in [4.78, 5) is 7.07. The maximum atomic E-state index is 6.28. The van der Waals surface area contributed by atoms with Crippen LogP contribution in [0.25, 0.3) is 0 Å². The molecule has 0 unspecified atom stereocenters. The Morgan fingerprint density at radius 2 is 1.54 bits per heavy atom. The second-order valence-corrected chi connectivity index (χ2v) is 6.69. The summed E-state index contributed by atoms with van der Waals surface area (Å²) in [5.74, 6) is 0.880. The number of hydrogen-bond acceptors (Lipinski definition) is 1. The highest BCUT2D eigenvalue weighted by atomic mass is 35.5. The smallest absolute Gasteiger partial charge is 0.199 e. The molecule has 0 spiro atoms. The van der Waals surface area contributed by atoms with E-state index in [9.17, 15) is 0 Å².